The SMILES string of the molecule is CC(CN)C(=O)NCP(=O)(O)O. The molecule has 0 radical (unpaired) electrons. The Kier molecular flexibility index (Phi) is 4.41. The zero-order valence-corrected chi connectivity index (χ0v) is 7.62. The van der Waals surface area contributed by atoms with E-state index in [2.05, 4.69) is 5.32 Å². The lowest BCUT2D eigenvalue weighted by Gasteiger charge is -2.09. The number of hydrogen-bond donors (Lipinski definition) is 4. The summed E-state index contributed by atoms with van der Waals surface area (Å²) >= 11 is 0. The van der Waals surface area contributed by atoms with Crippen molar-refractivity contribution in [2.45, 2.75) is 6.92 Å². The molecule has 1 unspecified atom stereocenters. The van der Waals surface area contributed by atoms with Gasteiger partial charge in [-0.25, -0.2) is 0 Å². The summed E-state index contributed by atoms with van der Waals surface area (Å²) in [5.74, 6) is -0.864. The van der Waals surface area contributed by atoms with Gasteiger partial charge in [-0.2, -0.15) is 0 Å². The highest BCUT2D eigenvalue weighted by Gasteiger charge is 2.16. The maximum Gasteiger partial charge on any atom is 0.344 e. The summed E-state index contributed by atoms with van der Waals surface area (Å²) in [4.78, 5) is 27.7. The van der Waals surface area contributed by atoms with Crippen LogP contribution in [0, 0.1) is 5.92 Å². The number of carbonyl (C=O) groups is 1. The van der Waals surface area contributed by atoms with Gasteiger partial charge in [0, 0.05) is 12.5 Å². The van der Waals surface area contributed by atoms with Gasteiger partial charge in [-0.1, -0.05) is 6.92 Å². The van der Waals surface area contributed by atoms with Gasteiger partial charge in [0.15, 0.2) is 0 Å². The number of hydrogen-bond acceptors (Lipinski definition) is 3. The topological polar surface area (TPSA) is 113 Å². The highest BCUT2D eigenvalue weighted by Crippen LogP contribution is 2.31. The molecule has 12 heavy (non-hydrogen) atoms. The fourth-order valence-corrected chi connectivity index (χ4v) is 0.824. The Morgan fingerprint density at radius 2 is 2.17 bits per heavy atom. The fourth-order valence-electron chi connectivity index (χ4n) is 0.462. The standard InChI is InChI=1S/C5H13N2O4P/c1-4(2-6)5(8)7-3-12(9,10)11/h4H,2-3,6H2,1H3,(H,7,8)(H2,9,10,11). The molecule has 0 saturated heterocycles. The van der Waals surface area contributed by atoms with Gasteiger partial charge in [-0.05, 0) is 0 Å². The van der Waals surface area contributed by atoms with Crippen LogP contribution in [0.25, 0.3) is 0 Å². The highest BCUT2D eigenvalue weighted by atomic mass is 31.2. The Morgan fingerprint density at radius 1 is 1.67 bits per heavy atom. The Hall–Kier alpha value is -0.420. The van der Waals surface area contributed by atoms with Crippen molar-refractivity contribution in [2.24, 2.45) is 11.7 Å². The molecular formula is C5H13N2O4P. The zero-order valence-electron chi connectivity index (χ0n) is 6.73. The first-order chi connectivity index (χ1) is 5.37. The van der Waals surface area contributed by atoms with Gasteiger partial charge in [0.1, 0.15) is 6.29 Å². The van der Waals surface area contributed by atoms with Crippen LogP contribution < -0.4 is 11.1 Å². The van der Waals surface area contributed by atoms with Crippen LogP contribution in [0.15, 0.2) is 0 Å². The average Bonchev–Trinajstić information content (AvgIpc) is 1.97. The first kappa shape index (κ1) is 11.6. The smallest absolute Gasteiger partial charge is 0.344 e. The van der Waals surface area contributed by atoms with E-state index in [1.54, 1.807) is 6.92 Å². The van der Waals surface area contributed by atoms with Crippen LogP contribution in [-0.2, 0) is 9.36 Å². The van der Waals surface area contributed by atoms with Crippen molar-refractivity contribution in [3.05, 3.63) is 0 Å². The van der Waals surface area contributed by atoms with Crippen LogP contribution in [0.5, 0.6) is 0 Å². The van der Waals surface area contributed by atoms with E-state index in [0.717, 1.165) is 0 Å². The summed E-state index contributed by atoms with van der Waals surface area (Å²) in [6, 6.07) is 0. The van der Waals surface area contributed by atoms with Crippen LogP contribution in [0.2, 0.25) is 0 Å². The van der Waals surface area contributed by atoms with Crippen molar-refractivity contribution < 1.29 is 19.1 Å². The molecule has 0 rings (SSSR count). The Labute approximate surface area is 70.3 Å². The number of nitrogens with one attached hydrogen (secondary N) is 1. The van der Waals surface area contributed by atoms with Crippen LogP contribution >= 0.6 is 7.60 Å². The molecule has 72 valence electrons. The molecule has 0 aromatic rings. The van der Waals surface area contributed by atoms with Gasteiger partial charge in [0.05, 0.1) is 0 Å². The van der Waals surface area contributed by atoms with Gasteiger partial charge in [-0.3, -0.25) is 9.36 Å². The van der Waals surface area contributed by atoms with Crippen molar-refractivity contribution in [1.29, 1.82) is 0 Å². The third kappa shape index (κ3) is 5.26. The van der Waals surface area contributed by atoms with Crippen LogP contribution in [0.4, 0.5) is 0 Å². The van der Waals surface area contributed by atoms with Crippen LogP contribution in [0.1, 0.15) is 6.92 Å². The molecule has 5 N–H and O–H groups in total. The Morgan fingerprint density at radius 3 is 2.50 bits per heavy atom. The third-order valence-corrected chi connectivity index (χ3v) is 1.83. The molecule has 7 heteroatoms. The Balaban J connectivity index is 3.80. The minimum absolute atomic E-state index is 0.160. The van der Waals surface area contributed by atoms with Gasteiger partial charge in [0.25, 0.3) is 0 Å². The van der Waals surface area contributed by atoms with Gasteiger partial charge < -0.3 is 20.8 Å². The maximum absolute atomic E-state index is 10.9. The summed E-state index contributed by atoms with van der Waals surface area (Å²) in [6.07, 6.45) is -0.629. The molecule has 0 aliphatic heterocycles. The number of amides is 1. The van der Waals surface area contributed by atoms with E-state index < -0.39 is 25.7 Å². The van der Waals surface area contributed by atoms with Crippen molar-refractivity contribution in [1.82, 2.24) is 5.32 Å². The van der Waals surface area contributed by atoms with E-state index in [1.165, 1.54) is 0 Å². The quantitative estimate of drug-likeness (QED) is 0.423. The van der Waals surface area contributed by atoms with Crippen molar-refractivity contribution in [2.75, 3.05) is 12.8 Å². The second kappa shape index (κ2) is 4.57. The molecule has 0 saturated carbocycles. The number of carbonyl (C=O) groups excluding carboxylic acids is 1. The van der Waals surface area contributed by atoms with Crippen LogP contribution in [0.3, 0.4) is 0 Å². The summed E-state index contributed by atoms with van der Waals surface area (Å²) < 4.78 is 10.3. The molecule has 0 aromatic heterocycles. The van der Waals surface area contributed by atoms with E-state index >= 15 is 0 Å². The Bertz CT molecular complexity index is 202. The van der Waals surface area contributed by atoms with Gasteiger partial charge in [-0.15, -0.1) is 0 Å². The predicted molar refractivity (Wildman–Crippen MR) is 43.3 cm³/mol. The number of rotatable bonds is 4. The third-order valence-electron chi connectivity index (χ3n) is 1.26. The minimum Gasteiger partial charge on any atom is -0.344 e. The lowest BCUT2D eigenvalue weighted by atomic mass is 10.2. The number of nitrogens with two attached hydrogens (primary N) is 1. The van der Waals surface area contributed by atoms with Crippen molar-refractivity contribution in [3.63, 3.8) is 0 Å². The largest absolute Gasteiger partial charge is 0.344 e. The van der Waals surface area contributed by atoms with E-state index in [9.17, 15) is 9.36 Å². The molecule has 0 heterocycles. The minimum atomic E-state index is -4.14. The molecule has 1 amide bonds. The molecule has 0 fully saturated rings. The zero-order chi connectivity index (χ0) is 9.78. The first-order valence-electron chi connectivity index (χ1n) is 3.39. The van der Waals surface area contributed by atoms with E-state index in [4.69, 9.17) is 15.5 Å². The van der Waals surface area contributed by atoms with E-state index in [1.807, 2.05) is 0 Å². The summed E-state index contributed by atoms with van der Waals surface area (Å²) in [6.45, 7) is 1.74. The molecule has 0 aliphatic rings. The van der Waals surface area contributed by atoms with Crippen molar-refractivity contribution >= 4 is 13.5 Å². The fraction of sp³-hybridized carbons (Fsp3) is 0.800. The second-order valence-electron chi connectivity index (χ2n) is 2.50. The molecular weight excluding hydrogens is 183 g/mol. The van der Waals surface area contributed by atoms with E-state index in [-0.39, 0.29) is 6.54 Å². The highest BCUT2D eigenvalue weighted by molar-refractivity contribution is 7.51. The van der Waals surface area contributed by atoms with E-state index in [0.29, 0.717) is 0 Å². The molecule has 0 aliphatic carbocycles. The molecule has 0 bridgehead atoms. The monoisotopic (exact) mass is 196 g/mol. The summed E-state index contributed by atoms with van der Waals surface area (Å²) in [5, 5.41) is 2.09. The second-order valence-corrected chi connectivity index (χ2v) is 4.15. The van der Waals surface area contributed by atoms with Crippen LogP contribution in [-0.4, -0.2) is 28.5 Å². The first-order valence-corrected chi connectivity index (χ1v) is 5.19. The lowest BCUT2D eigenvalue weighted by molar-refractivity contribution is -0.123. The maximum atomic E-state index is 10.9. The molecule has 1 atom stereocenters. The molecule has 0 aromatic carbocycles. The average molecular weight is 196 g/mol. The lowest BCUT2D eigenvalue weighted by Crippen LogP contribution is -2.33. The van der Waals surface area contributed by atoms with Gasteiger partial charge >= 0.3 is 7.60 Å². The summed E-state index contributed by atoms with van der Waals surface area (Å²) in [7, 11) is -4.14. The normalized spacial score (nSPS) is 14.0. The predicted octanol–water partition coefficient (Wildman–Crippen LogP) is -1.17. The summed E-state index contributed by atoms with van der Waals surface area (Å²) in [5.41, 5.74) is 5.16. The van der Waals surface area contributed by atoms with Gasteiger partial charge in [0.2, 0.25) is 5.91 Å². The molecule has 6 nitrogen and oxygen atoms in total. The van der Waals surface area contributed by atoms with Crippen molar-refractivity contribution in [3.8, 4) is 0 Å². The molecule has 0 spiro atoms.